The number of hydrogen-bond donors (Lipinski definition) is 1. The first-order chi connectivity index (χ1) is 20.6. The number of halogens is 3. The molecule has 0 aromatic heterocycles. The Labute approximate surface area is 245 Å². The second kappa shape index (κ2) is 12.2. The van der Waals surface area contributed by atoms with E-state index in [2.05, 4.69) is 10.1 Å². The number of fused-ring (bicyclic) bond motifs is 1. The average molecular weight is 611 g/mol. The molecule has 43 heavy (non-hydrogen) atoms. The molecule has 222 valence electrons. The molecule has 1 atom stereocenters. The van der Waals surface area contributed by atoms with Crippen molar-refractivity contribution < 1.29 is 40.7 Å². The molecule has 4 aromatic rings. The van der Waals surface area contributed by atoms with Gasteiger partial charge in [-0.2, -0.15) is 0 Å². The van der Waals surface area contributed by atoms with Gasteiger partial charge in [0.15, 0.2) is 0 Å². The molecule has 4 aromatic carbocycles. The van der Waals surface area contributed by atoms with E-state index in [1.54, 1.807) is 24.3 Å². The van der Waals surface area contributed by atoms with Gasteiger partial charge in [0.25, 0.3) is 10.0 Å². The van der Waals surface area contributed by atoms with E-state index in [1.807, 2.05) is 0 Å². The number of hydrogen-bond acceptors (Lipinski definition) is 6. The Morgan fingerprint density at radius 2 is 1.67 bits per heavy atom. The number of amides is 1. The Bertz CT molecular complexity index is 1800. The third-order valence-electron chi connectivity index (χ3n) is 6.90. The molecule has 0 bridgehead atoms. The van der Waals surface area contributed by atoms with Crippen LogP contribution >= 0.6 is 0 Å². The summed E-state index contributed by atoms with van der Waals surface area (Å²) >= 11 is 0. The van der Waals surface area contributed by atoms with Gasteiger partial charge in [0.1, 0.15) is 35.8 Å². The summed E-state index contributed by atoms with van der Waals surface area (Å²) in [5.41, 5.74) is 1.23. The molecule has 0 spiro atoms. The van der Waals surface area contributed by atoms with E-state index in [4.69, 9.17) is 4.74 Å². The van der Waals surface area contributed by atoms with Crippen molar-refractivity contribution in [3.05, 3.63) is 114 Å². The molecule has 1 aliphatic rings. The maximum Gasteiger partial charge on any atom is 0.340 e. The molecule has 0 saturated carbocycles. The number of benzene rings is 4. The molecule has 1 heterocycles. The quantitative estimate of drug-likeness (QED) is 0.214. The summed E-state index contributed by atoms with van der Waals surface area (Å²) in [6, 6.07) is 17.8. The minimum Gasteiger partial charge on any atom is -0.492 e. The van der Waals surface area contributed by atoms with Crippen LogP contribution in [0.4, 0.5) is 18.9 Å². The van der Waals surface area contributed by atoms with E-state index in [0.29, 0.717) is 16.8 Å². The summed E-state index contributed by atoms with van der Waals surface area (Å²) in [6.07, 6.45) is 0.126. The summed E-state index contributed by atoms with van der Waals surface area (Å²) in [5, 5.41) is 2.67. The van der Waals surface area contributed by atoms with Crippen LogP contribution in [0.25, 0.3) is 11.1 Å². The lowest BCUT2D eigenvalue weighted by Gasteiger charge is -2.26. The summed E-state index contributed by atoms with van der Waals surface area (Å²) in [7, 11) is -3.11. The Balaban J connectivity index is 1.30. The molecule has 0 fully saturated rings. The highest BCUT2D eigenvalue weighted by atomic mass is 32.2. The van der Waals surface area contributed by atoms with E-state index < -0.39 is 45.4 Å². The van der Waals surface area contributed by atoms with Crippen molar-refractivity contribution in [2.24, 2.45) is 0 Å². The molecular formula is C31H25F3N2O6S. The fraction of sp³-hybridized carbons (Fsp3) is 0.161. The third kappa shape index (κ3) is 6.05. The van der Waals surface area contributed by atoms with Crippen molar-refractivity contribution in [1.82, 2.24) is 5.32 Å². The van der Waals surface area contributed by atoms with E-state index in [9.17, 15) is 31.2 Å². The van der Waals surface area contributed by atoms with E-state index >= 15 is 0 Å². The van der Waals surface area contributed by atoms with Crippen LogP contribution in [0, 0.1) is 17.5 Å². The van der Waals surface area contributed by atoms with Crippen LogP contribution < -0.4 is 14.4 Å². The van der Waals surface area contributed by atoms with E-state index in [-0.39, 0.29) is 41.3 Å². The van der Waals surface area contributed by atoms with Crippen LogP contribution in [0.1, 0.15) is 15.9 Å². The number of rotatable bonds is 9. The molecule has 0 saturated heterocycles. The zero-order chi connectivity index (χ0) is 30.7. The number of esters is 1. The van der Waals surface area contributed by atoms with E-state index in [0.717, 1.165) is 29.6 Å². The average Bonchev–Trinajstić information content (AvgIpc) is 3.40. The molecule has 0 aliphatic carbocycles. The number of anilines is 1. The monoisotopic (exact) mass is 610 g/mol. The van der Waals surface area contributed by atoms with Gasteiger partial charge in [0.2, 0.25) is 5.91 Å². The topological polar surface area (TPSA) is 102 Å². The number of nitrogens with one attached hydrogen (secondary N) is 1. The zero-order valence-corrected chi connectivity index (χ0v) is 23.5. The maximum atomic E-state index is 14.3. The Morgan fingerprint density at radius 1 is 0.930 bits per heavy atom. The third-order valence-corrected chi connectivity index (χ3v) is 8.73. The van der Waals surface area contributed by atoms with Gasteiger partial charge >= 0.3 is 5.97 Å². The van der Waals surface area contributed by atoms with E-state index in [1.165, 1.54) is 42.5 Å². The van der Waals surface area contributed by atoms with Crippen LogP contribution in [0.3, 0.4) is 0 Å². The number of sulfonamides is 1. The number of carbonyl (C=O) groups is 2. The largest absolute Gasteiger partial charge is 0.492 e. The van der Waals surface area contributed by atoms with Gasteiger partial charge < -0.3 is 14.8 Å². The smallest absolute Gasteiger partial charge is 0.340 e. The van der Waals surface area contributed by atoms with Gasteiger partial charge in [0.05, 0.1) is 29.8 Å². The van der Waals surface area contributed by atoms with Gasteiger partial charge in [-0.05, 0) is 53.6 Å². The molecule has 0 radical (unpaired) electrons. The van der Waals surface area contributed by atoms with Crippen LogP contribution in [0.2, 0.25) is 0 Å². The fourth-order valence-electron chi connectivity index (χ4n) is 4.82. The summed E-state index contributed by atoms with van der Waals surface area (Å²) in [6.45, 7) is -0.0750. The minimum absolute atomic E-state index is 0.0160. The van der Waals surface area contributed by atoms with Gasteiger partial charge in [-0.15, -0.1) is 0 Å². The number of para-hydroxylation sites is 1. The van der Waals surface area contributed by atoms with Crippen LogP contribution in [0.5, 0.6) is 5.75 Å². The lowest BCUT2D eigenvalue weighted by molar-refractivity contribution is -0.122. The minimum atomic E-state index is -4.25. The fourth-order valence-corrected chi connectivity index (χ4v) is 6.47. The standard InChI is InChI=1S/C31H25F3N2O6S/c1-41-31(38)25-13-9-22(18-27(25)34)42-15-14-35-30(37)29-16-20-4-2-3-5-28(20)36(29)43(39,40)23-10-6-19(7-11-23)24-12-8-21(32)17-26(24)33/h2-13,17-18,29H,14-16H2,1H3,(H,35,37)/t29-/m0/s1. The van der Waals surface area contributed by atoms with Gasteiger partial charge in [-0.25, -0.2) is 26.4 Å². The maximum absolute atomic E-state index is 14.3. The Kier molecular flexibility index (Phi) is 8.40. The first-order valence-electron chi connectivity index (χ1n) is 13.1. The van der Waals surface area contributed by atoms with Crippen LogP contribution in [-0.4, -0.2) is 46.6 Å². The number of nitrogens with zero attached hydrogens (tertiary/aromatic N) is 1. The van der Waals surface area contributed by atoms with Crippen molar-refractivity contribution in [2.45, 2.75) is 17.4 Å². The predicted molar refractivity (Wildman–Crippen MR) is 152 cm³/mol. The van der Waals surface area contributed by atoms with Crippen molar-refractivity contribution in [3.8, 4) is 16.9 Å². The highest BCUT2D eigenvalue weighted by Gasteiger charge is 2.42. The molecule has 1 amide bonds. The van der Waals surface area contributed by atoms with Crippen molar-refractivity contribution in [2.75, 3.05) is 24.6 Å². The first-order valence-corrected chi connectivity index (χ1v) is 14.5. The van der Waals surface area contributed by atoms with Gasteiger partial charge in [-0.1, -0.05) is 30.3 Å². The number of ether oxygens (including phenoxy) is 2. The summed E-state index contributed by atoms with van der Waals surface area (Å²) in [5.74, 6) is -3.61. The molecule has 12 heteroatoms. The summed E-state index contributed by atoms with van der Waals surface area (Å²) in [4.78, 5) is 24.7. The molecule has 8 nitrogen and oxygen atoms in total. The predicted octanol–water partition coefficient (Wildman–Crippen LogP) is 4.87. The van der Waals surface area contributed by atoms with Gasteiger partial charge in [-0.3, -0.25) is 9.10 Å². The molecule has 1 aliphatic heterocycles. The Hall–Kier alpha value is -4.84. The SMILES string of the molecule is COC(=O)c1ccc(OCCNC(=O)[C@@H]2Cc3ccccc3N2S(=O)(=O)c2ccc(-c3ccc(F)cc3F)cc2)cc1F. The molecule has 1 N–H and O–H groups in total. The second-order valence-corrected chi connectivity index (χ2v) is 11.4. The highest BCUT2D eigenvalue weighted by molar-refractivity contribution is 7.93. The molecule has 5 rings (SSSR count). The Morgan fingerprint density at radius 3 is 2.37 bits per heavy atom. The normalized spacial score (nSPS) is 14.2. The van der Waals surface area contributed by atoms with Crippen molar-refractivity contribution in [3.63, 3.8) is 0 Å². The highest BCUT2D eigenvalue weighted by Crippen LogP contribution is 2.37. The lowest BCUT2D eigenvalue weighted by atomic mass is 10.1. The zero-order valence-electron chi connectivity index (χ0n) is 22.7. The summed E-state index contributed by atoms with van der Waals surface area (Å²) < 4.78 is 80.5. The van der Waals surface area contributed by atoms with Crippen LogP contribution in [0.15, 0.2) is 89.8 Å². The van der Waals surface area contributed by atoms with Crippen LogP contribution in [-0.2, 0) is 26.0 Å². The lowest BCUT2D eigenvalue weighted by Crippen LogP contribution is -2.48. The number of methoxy groups -OCH3 is 1. The van der Waals surface area contributed by atoms with Crippen molar-refractivity contribution >= 4 is 27.6 Å². The molecule has 0 unspecified atom stereocenters. The molecular weight excluding hydrogens is 585 g/mol. The number of carbonyl (C=O) groups excluding carboxylic acids is 2. The van der Waals surface area contributed by atoms with Crippen molar-refractivity contribution in [1.29, 1.82) is 0 Å². The first kappa shape index (κ1) is 29.6. The second-order valence-electron chi connectivity index (χ2n) is 9.57. The van der Waals surface area contributed by atoms with Gasteiger partial charge in [0, 0.05) is 24.1 Å².